The molecule has 2 rings (SSSR count). The molecule has 1 heterocycles. The van der Waals surface area contributed by atoms with Gasteiger partial charge in [0.15, 0.2) is 0 Å². The van der Waals surface area contributed by atoms with Gasteiger partial charge in [0.2, 0.25) is 0 Å². The average Bonchev–Trinajstić information content (AvgIpc) is 2.49. The van der Waals surface area contributed by atoms with Gasteiger partial charge < -0.3 is 20.9 Å². The number of aliphatic hydroxyl groups is 1. The van der Waals surface area contributed by atoms with Crippen LogP contribution in [0.4, 0.5) is 11.4 Å². The number of amides is 1. The summed E-state index contributed by atoms with van der Waals surface area (Å²) in [7, 11) is 0. The fraction of sp³-hybridized carbons (Fsp3) is 0.200. The molecule has 1 amide bonds. The normalized spacial score (nSPS) is 10.2. The lowest BCUT2D eigenvalue weighted by Crippen LogP contribution is -2.14. The van der Waals surface area contributed by atoms with Crippen LogP contribution in [-0.4, -0.2) is 22.6 Å². The summed E-state index contributed by atoms with van der Waals surface area (Å²) < 4.78 is 5.39. The third-order valence-electron chi connectivity index (χ3n) is 2.81. The summed E-state index contributed by atoms with van der Waals surface area (Å²) in [5, 5.41) is 12.0. The number of hydrogen-bond donors (Lipinski definition) is 3. The summed E-state index contributed by atoms with van der Waals surface area (Å²) >= 11 is 0. The van der Waals surface area contributed by atoms with E-state index < -0.39 is 0 Å². The number of aromatic nitrogens is 1. The van der Waals surface area contributed by atoms with E-state index in [1.807, 2.05) is 6.92 Å². The van der Waals surface area contributed by atoms with Gasteiger partial charge in [-0.3, -0.25) is 4.79 Å². The fourth-order valence-electron chi connectivity index (χ4n) is 1.81. The van der Waals surface area contributed by atoms with E-state index in [0.29, 0.717) is 29.3 Å². The minimum atomic E-state index is -0.344. The number of benzene rings is 1. The van der Waals surface area contributed by atoms with E-state index in [0.717, 1.165) is 0 Å². The Morgan fingerprint density at radius 1 is 1.38 bits per heavy atom. The van der Waals surface area contributed by atoms with Crippen molar-refractivity contribution in [2.45, 2.75) is 13.5 Å². The third kappa shape index (κ3) is 3.70. The standard InChI is InChI=1S/C15H17N3O3/c1-2-21-14-6-4-12(7-10(14)9-19)18-15(20)13-5-3-11(16)8-17-13/h3-8,19H,2,9,16H2,1H3,(H,18,20). The van der Waals surface area contributed by atoms with Crippen molar-refractivity contribution in [3.05, 3.63) is 47.8 Å². The van der Waals surface area contributed by atoms with Crippen LogP contribution in [0.5, 0.6) is 5.75 Å². The molecular weight excluding hydrogens is 270 g/mol. The van der Waals surface area contributed by atoms with Crippen LogP contribution >= 0.6 is 0 Å². The Balaban J connectivity index is 2.15. The van der Waals surface area contributed by atoms with Crippen molar-refractivity contribution in [2.24, 2.45) is 0 Å². The maximum atomic E-state index is 12.0. The highest BCUT2D eigenvalue weighted by Crippen LogP contribution is 2.23. The van der Waals surface area contributed by atoms with Crippen LogP contribution in [-0.2, 0) is 6.61 Å². The van der Waals surface area contributed by atoms with Gasteiger partial charge in [-0.05, 0) is 37.3 Å². The second kappa shape index (κ2) is 6.71. The molecule has 6 nitrogen and oxygen atoms in total. The molecule has 0 saturated carbocycles. The molecule has 0 bridgehead atoms. The SMILES string of the molecule is CCOc1ccc(NC(=O)c2ccc(N)cn2)cc1CO. The Labute approximate surface area is 122 Å². The number of anilines is 2. The average molecular weight is 287 g/mol. The highest BCUT2D eigenvalue weighted by atomic mass is 16.5. The molecule has 1 aromatic carbocycles. The van der Waals surface area contributed by atoms with Gasteiger partial charge in [-0.1, -0.05) is 0 Å². The zero-order chi connectivity index (χ0) is 15.2. The molecule has 0 radical (unpaired) electrons. The van der Waals surface area contributed by atoms with Crippen molar-refractivity contribution in [1.82, 2.24) is 4.98 Å². The van der Waals surface area contributed by atoms with Gasteiger partial charge in [0, 0.05) is 11.3 Å². The van der Waals surface area contributed by atoms with E-state index in [4.69, 9.17) is 10.5 Å². The first-order chi connectivity index (χ1) is 10.1. The molecule has 21 heavy (non-hydrogen) atoms. The number of aliphatic hydroxyl groups excluding tert-OH is 1. The molecule has 0 aliphatic heterocycles. The number of nitrogens with one attached hydrogen (secondary N) is 1. The molecule has 0 unspecified atom stereocenters. The number of pyridine rings is 1. The van der Waals surface area contributed by atoms with Crippen molar-refractivity contribution in [3.63, 3.8) is 0 Å². The Kier molecular flexibility index (Phi) is 4.73. The first kappa shape index (κ1) is 14.8. The van der Waals surface area contributed by atoms with E-state index in [2.05, 4.69) is 10.3 Å². The number of hydrogen-bond acceptors (Lipinski definition) is 5. The quantitative estimate of drug-likeness (QED) is 0.779. The van der Waals surface area contributed by atoms with Crippen molar-refractivity contribution < 1.29 is 14.6 Å². The highest BCUT2D eigenvalue weighted by Gasteiger charge is 2.09. The summed E-state index contributed by atoms with van der Waals surface area (Å²) in [6, 6.07) is 8.24. The van der Waals surface area contributed by atoms with Crippen molar-refractivity contribution in [2.75, 3.05) is 17.7 Å². The zero-order valence-electron chi connectivity index (χ0n) is 11.7. The number of ether oxygens (including phenoxy) is 1. The van der Waals surface area contributed by atoms with Crippen LogP contribution in [0.25, 0.3) is 0 Å². The molecule has 0 saturated heterocycles. The fourth-order valence-corrected chi connectivity index (χ4v) is 1.81. The minimum absolute atomic E-state index is 0.167. The van der Waals surface area contributed by atoms with Crippen LogP contribution < -0.4 is 15.8 Å². The van der Waals surface area contributed by atoms with Gasteiger partial charge in [0.05, 0.1) is 25.1 Å². The molecule has 2 aromatic rings. The van der Waals surface area contributed by atoms with E-state index in [1.54, 1.807) is 30.3 Å². The van der Waals surface area contributed by atoms with Crippen LogP contribution in [0.3, 0.4) is 0 Å². The topological polar surface area (TPSA) is 97.5 Å². The van der Waals surface area contributed by atoms with Crippen LogP contribution in [0.15, 0.2) is 36.5 Å². The summed E-state index contributed by atoms with van der Waals surface area (Å²) in [6.07, 6.45) is 1.42. The first-order valence-corrected chi connectivity index (χ1v) is 6.53. The Morgan fingerprint density at radius 2 is 2.19 bits per heavy atom. The third-order valence-corrected chi connectivity index (χ3v) is 2.81. The Morgan fingerprint density at radius 3 is 2.81 bits per heavy atom. The van der Waals surface area contributed by atoms with Gasteiger partial charge in [-0.15, -0.1) is 0 Å². The number of carbonyl (C=O) groups is 1. The second-order valence-corrected chi connectivity index (χ2v) is 4.34. The summed E-state index contributed by atoms with van der Waals surface area (Å²) in [4.78, 5) is 16.0. The monoisotopic (exact) mass is 287 g/mol. The lowest BCUT2D eigenvalue weighted by atomic mass is 10.2. The number of rotatable bonds is 5. The Hall–Kier alpha value is -2.60. The van der Waals surface area contributed by atoms with Crippen molar-refractivity contribution in [1.29, 1.82) is 0 Å². The minimum Gasteiger partial charge on any atom is -0.494 e. The molecule has 0 atom stereocenters. The van der Waals surface area contributed by atoms with E-state index in [-0.39, 0.29) is 18.2 Å². The van der Waals surface area contributed by atoms with Gasteiger partial charge >= 0.3 is 0 Å². The second-order valence-electron chi connectivity index (χ2n) is 4.34. The van der Waals surface area contributed by atoms with Crippen LogP contribution in [0.2, 0.25) is 0 Å². The molecule has 110 valence electrons. The maximum Gasteiger partial charge on any atom is 0.274 e. The molecule has 0 fully saturated rings. The van der Waals surface area contributed by atoms with Crippen LogP contribution in [0.1, 0.15) is 23.0 Å². The van der Waals surface area contributed by atoms with Crippen LogP contribution in [0, 0.1) is 0 Å². The molecule has 1 aromatic heterocycles. The number of nitrogens with two attached hydrogens (primary N) is 1. The van der Waals surface area contributed by atoms with Gasteiger partial charge in [-0.25, -0.2) is 4.98 Å². The van der Waals surface area contributed by atoms with Gasteiger partial charge in [0.1, 0.15) is 11.4 Å². The zero-order valence-corrected chi connectivity index (χ0v) is 11.7. The summed E-state index contributed by atoms with van der Waals surface area (Å²) in [6.45, 7) is 2.21. The lowest BCUT2D eigenvalue weighted by Gasteiger charge is -2.11. The molecule has 6 heteroatoms. The number of nitrogens with zero attached hydrogens (tertiary/aromatic N) is 1. The largest absolute Gasteiger partial charge is 0.494 e. The van der Waals surface area contributed by atoms with E-state index >= 15 is 0 Å². The molecule has 0 aliphatic carbocycles. The molecule has 0 aliphatic rings. The Bertz CT molecular complexity index is 627. The lowest BCUT2D eigenvalue weighted by molar-refractivity contribution is 0.102. The van der Waals surface area contributed by atoms with E-state index in [9.17, 15) is 9.90 Å². The predicted molar refractivity (Wildman–Crippen MR) is 80.1 cm³/mol. The first-order valence-electron chi connectivity index (χ1n) is 6.53. The maximum absolute atomic E-state index is 12.0. The molecule has 0 spiro atoms. The summed E-state index contributed by atoms with van der Waals surface area (Å²) in [5.41, 5.74) is 7.46. The van der Waals surface area contributed by atoms with Crippen molar-refractivity contribution in [3.8, 4) is 5.75 Å². The predicted octanol–water partition coefficient (Wildman–Crippen LogP) is 1.81. The molecule has 4 N–H and O–H groups in total. The number of carbonyl (C=O) groups excluding carboxylic acids is 1. The van der Waals surface area contributed by atoms with Crippen molar-refractivity contribution >= 4 is 17.3 Å². The van der Waals surface area contributed by atoms with E-state index in [1.165, 1.54) is 6.20 Å². The summed E-state index contributed by atoms with van der Waals surface area (Å²) in [5.74, 6) is 0.256. The smallest absolute Gasteiger partial charge is 0.274 e. The van der Waals surface area contributed by atoms with Gasteiger partial charge in [-0.2, -0.15) is 0 Å². The highest BCUT2D eigenvalue weighted by molar-refractivity contribution is 6.03. The molecular formula is C15H17N3O3. The van der Waals surface area contributed by atoms with Gasteiger partial charge in [0.25, 0.3) is 5.91 Å². The number of nitrogen functional groups attached to an aromatic ring is 1.